The maximum atomic E-state index is 5.82. The SMILES string of the molecule is CCOc1ccc(OCC)c(NC(C)c2nnc(-c3ccccc3)o2)c1. The lowest BCUT2D eigenvalue weighted by Crippen LogP contribution is -2.09. The first-order valence-corrected chi connectivity index (χ1v) is 8.76. The molecule has 1 aromatic heterocycles. The standard InChI is InChI=1S/C20H23N3O3/c1-4-24-16-11-12-18(25-5-2)17(13-16)21-14(3)19-22-23-20(26-19)15-9-7-6-8-10-15/h6-14,21H,4-5H2,1-3H3. The molecule has 6 nitrogen and oxygen atoms in total. The van der Waals surface area contributed by atoms with Crippen molar-refractivity contribution in [2.24, 2.45) is 0 Å². The molecule has 0 amide bonds. The summed E-state index contributed by atoms with van der Waals surface area (Å²) in [6.45, 7) is 7.05. The van der Waals surface area contributed by atoms with Crippen LogP contribution in [-0.4, -0.2) is 23.4 Å². The smallest absolute Gasteiger partial charge is 0.247 e. The number of anilines is 1. The molecule has 0 radical (unpaired) electrons. The minimum absolute atomic E-state index is 0.184. The Bertz CT molecular complexity index is 833. The topological polar surface area (TPSA) is 69.4 Å². The third-order valence-corrected chi connectivity index (χ3v) is 3.77. The van der Waals surface area contributed by atoms with E-state index in [1.807, 2.05) is 69.3 Å². The maximum Gasteiger partial charge on any atom is 0.247 e. The number of ether oxygens (including phenoxy) is 2. The molecular formula is C20H23N3O3. The third-order valence-electron chi connectivity index (χ3n) is 3.77. The maximum absolute atomic E-state index is 5.82. The summed E-state index contributed by atoms with van der Waals surface area (Å²) in [7, 11) is 0. The van der Waals surface area contributed by atoms with Gasteiger partial charge in [-0.1, -0.05) is 18.2 Å². The van der Waals surface area contributed by atoms with Gasteiger partial charge < -0.3 is 19.2 Å². The predicted octanol–water partition coefficient (Wildman–Crippen LogP) is 4.71. The van der Waals surface area contributed by atoms with Crippen molar-refractivity contribution in [2.45, 2.75) is 26.8 Å². The highest BCUT2D eigenvalue weighted by molar-refractivity contribution is 5.60. The van der Waals surface area contributed by atoms with Gasteiger partial charge in [-0.05, 0) is 45.0 Å². The molecule has 2 aromatic carbocycles. The molecule has 136 valence electrons. The van der Waals surface area contributed by atoms with Crippen LogP contribution in [0.1, 0.15) is 32.7 Å². The van der Waals surface area contributed by atoms with Gasteiger partial charge in [-0.3, -0.25) is 0 Å². The second kappa shape index (κ2) is 8.38. The van der Waals surface area contributed by atoms with Crippen LogP contribution < -0.4 is 14.8 Å². The summed E-state index contributed by atoms with van der Waals surface area (Å²) < 4.78 is 17.1. The number of rotatable bonds is 8. The van der Waals surface area contributed by atoms with E-state index in [-0.39, 0.29) is 6.04 Å². The summed E-state index contributed by atoms with van der Waals surface area (Å²) in [6, 6.07) is 15.2. The number of hydrogen-bond donors (Lipinski definition) is 1. The van der Waals surface area contributed by atoms with Crippen molar-refractivity contribution in [1.82, 2.24) is 10.2 Å². The summed E-state index contributed by atoms with van der Waals surface area (Å²) in [4.78, 5) is 0. The molecule has 0 saturated heterocycles. The molecule has 6 heteroatoms. The van der Waals surface area contributed by atoms with Gasteiger partial charge in [-0.15, -0.1) is 10.2 Å². The molecule has 0 bridgehead atoms. The summed E-state index contributed by atoms with van der Waals surface area (Å²) in [5.74, 6) is 2.54. The van der Waals surface area contributed by atoms with Gasteiger partial charge in [0, 0.05) is 11.6 Å². The predicted molar refractivity (Wildman–Crippen MR) is 101 cm³/mol. The average Bonchev–Trinajstić information content (AvgIpc) is 3.15. The molecule has 3 aromatic rings. The number of aromatic nitrogens is 2. The van der Waals surface area contributed by atoms with E-state index in [1.165, 1.54) is 0 Å². The van der Waals surface area contributed by atoms with E-state index in [9.17, 15) is 0 Å². The molecule has 0 aliphatic rings. The number of hydrogen-bond acceptors (Lipinski definition) is 6. The van der Waals surface area contributed by atoms with Crippen molar-refractivity contribution in [3.05, 3.63) is 54.4 Å². The number of nitrogens with one attached hydrogen (secondary N) is 1. The van der Waals surface area contributed by atoms with Crippen LogP contribution in [0.2, 0.25) is 0 Å². The van der Waals surface area contributed by atoms with Crippen molar-refractivity contribution in [2.75, 3.05) is 18.5 Å². The van der Waals surface area contributed by atoms with Gasteiger partial charge >= 0.3 is 0 Å². The molecular weight excluding hydrogens is 330 g/mol. The molecule has 0 saturated carbocycles. The fourth-order valence-corrected chi connectivity index (χ4v) is 2.56. The highest BCUT2D eigenvalue weighted by Gasteiger charge is 2.17. The van der Waals surface area contributed by atoms with Gasteiger partial charge in [0.2, 0.25) is 11.8 Å². The summed E-state index contributed by atoms with van der Waals surface area (Å²) >= 11 is 0. The van der Waals surface area contributed by atoms with Gasteiger partial charge in [-0.2, -0.15) is 0 Å². The van der Waals surface area contributed by atoms with Crippen LogP contribution in [0.25, 0.3) is 11.5 Å². The summed E-state index contributed by atoms with van der Waals surface area (Å²) in [5.41, 5.74) is 1.72. The minimum Gasteiger partial charge on any atom is -0.494 e. The first-order valence-electron chi connectivity index (χ1n) is 8.76. The first kappa shape index (κ1) is 17.8. The van der Waals surface area contributed by atoms with Crippen LogP contribution in [0.5, 0.6) is 11.5 Å². The van der Waals surface area contributed by atoms with Gasteiger partial charge in [0.15, 0.2) is 0 Å². The van der Waals surface area contributed by atoms with E-state index < -0.39 is 0 Å². The molecule has 0 spiro atoms. The number of nitrogens with zero attached hydrogens (tertiary/aromatic N) is 2. The van der Waals surface area contributed by atoms with Crippen molar-refractivity contribution in [1.29, 1.82) is 0 Å². The van der Waals surface area contributed by atoms with E-state index in [2.05, 4.69) is 15.5 Å². The fourth-order valence-electron chi connectivity index (χ4n) is 2.56. The van der Waals surface area contributed by atoms with Crippen LogP contribution >= 0.6 is 0 Å². The van der Waals surface area contributed by atoms with Crippen LogP contribution in [0.4, 0.5) is 5.69 Å². The van der Waals surface area contributed by atoms with E-state index in [4.69, 9.17) is 13.9 Å². The van der Waals surface area contributed by atoms with Gasteiger partial charge in [0.25, 0.3) is 0 Å². The van der Waals surface area contributed by atoms with Crippen molar-refractivity contribution < 1.29 is 13.9 Å². The Morgan fingerprint density at radius 1 is 1.00 bits per heavy atom. The zero-order chi connectivity index (χ0) is 18.4. The molecule has 0 fully saturated rings. The van der Waals surface area contributed by atoms with E-state index in [0.717, 1.165) is 22.7 Å². The monoisotopic (exact) mass is 353 g/mol. The average molecular weight is 353 g/mol. The van der Waals surface area contributed by atoms with Crippen LogP contribution in [0, 0.1) is 0 Å². The molecule has 1 N–H and O–H groups in total. The summed E-state index contributed by atoms with van der Waals surface area (Å²) in [5, 5.41) is 11.7. The van der Waals surface area contributed by atoms with Crippen LogP contribution in [0.15, 0.2) is 52.9 Å². The fraction of sp³-hybridized carbons (Fsp3) is 0.300. The molecule has 26 heavy (non-hydrogen) atoms. The quantitative estimate of drug-likeness (QED) is 0.632. The molecule has 0 aliphatic carbocycles. The Morgan fingerprint density at radius 2 is 1.77 bits per heavy atom. The Labute approximate surface area is 153 Å². The van der Waals surface area contributed by atoms with Gasteiger partial charge in [0.1, 0.15) is 17.5 Å². The second-order valence-electron chi connectivity index (χ2n) is 5.70. The molecule has 1 atom stereocenters. The Morgan fingerprint density at radius 3 is 2.50 bits per heavy atom. The lowest BCUT2D eigenvalue weighted by molar-refractivity contribution is 0.331. The van der Waals surface area contributed by atoms with Crippen molar-refractivity contribution in [3.63, 3.8) is 0 Å². The van der Waals surface area contributed by atoms with E-state index >= 15 is 0 Å². The van der Waals surface area contributed by atoms with Crippen LogP contribution in [0.3, 0.4) is 0 Å². The highest BCUT2D eigenvalue weighted by Crippen LogP contribution is 2.32. The molecule has 0 aliphatic heterocycles. The minimum atomic E-state index is -0.184. The first-order chi connectivity index (χ1) is 12.7. The Balaban J connectivity index is 1.80. The van der Waals surface area contributed by atoms with E-state index in [1.54, 1.807) is 0 Å². The zero-order valence-corrected chi connectivity index (χ0v) is 15.2. The normalized spacial score (nSPS) is 11.8. The number of benzene rings is 2. The molecule has 1 heterocycles. The highest BCUT2D eigenvalue weighted by atomic mass is 16.5. The lowest BCUT2D eigenvalue weighted by Gasteiger charge is -2.17. The van der Waals surface area contributed by atoms with Crippen molar-refractivity contribution >= 4 is 5.69 Å². The molecule has 3 rings (SSSR count). The van der Waals surface area contributed by atoms with Crippen LogP contribution in [-0.2, 0) is 0 Å². The van der Waals surface area contributed by atoms with Gasteiger partial charge in [0.05, 0.1) is 18.9 Å². The lowest BCUT2D eigenvalue weighted by atomic mass is 10.2. The summed E-state index contributed by atoms with van der Waals surface area (Å²) in [6.07, 6.45) is 0. The molecule has 1 unspecified atom stereocenters. The largest absolute Gasteiger partial charge is 0.494 e. The van der Waals surface area contributed by atoms with E-state index in [0.29, 0.717) is 25.0 Å². The zero-order valence-electron chi connectivity index (χ0n) is 15.2. The third kappa shape index (κ3) is 4.14. The van der Waals surface area contributed by atoms with Gasteiger partial charge in [-0.25, -0.2) is 0 Å². The van der Waals surface area contributed by atoms with Crippen molar-refractivity contribution in [3.8, 4) is 23.0 Å². The Kier molecular flexibility index (Phi) is 5.73. The Hall–Kier alpha value is -3.02. The second-order valence-corrected chi connectivity index (χ2v) is 5.70.